The molecule has 176 valence electrons. The van der Waals surface area contributed by atoms with Crippen LogP contribution in [0.3, 0.4) is 0 Å². The third-order valence-electron chi connectivity index (χ3n) is 4.70. The second-order valence-corrected chi connectivity index (χ2v) is 7.70. The molecule has 6 nitrogen and oxygen atoms in total. The van der Waals surface area contributed by atoms with Crippen molar-refractivity contribution in [3.63, 3.8) is 0 Å². The van der Waals surface area contributed by atoms with E-state index in [1.54, 1.807) is 0 Å². The molecule has 0 saturated heterocycles. The Hall–Kier alpha value is -3.37. The van der Waals surface area contributed by atoms with Gasteiger partial charge in [-0.2, -0.15) is 18.3 Å². The zero-order valence-electron chi connectivity index (χ0n) is 17.2. The second kappa shape index (κ2) is 9.11. The lowest BCUT2D eigenvalue weighted by molar-refractivity contribution is -0.142. The van der Waals surface area contributed by atoms with Gasteiger partial charge in [0.25, 0.3) is 0 Å². The van der Waals surface area contributed by atoms with E-state index in [0.29, 0.717) is 4.68 Å². The molecule has 0 unspecified atom stereocenters. The molecule has 12 heteroatoms. The molecular formula is C22H13Cl2F4N3O3. The van der Waals surface area contributed by atoms with Crippen molar-refractivity contribution in [3.8, 4) is 28.3 Å². The van der Waals surface area contributed by atoms with Gasteiger partial charge in [-0.05, 0) is 37.3 Å². The number of ether oxygens (including phenoxy) is 1. The molecule has 0 spiro atoms. The molecule has 2 heterocycles. The summed E-state index contributed by atoms with van der Waals surface area (Å²) in [6, 6.07) is 8.76. The third-order valence-corrected chi connectivity index (χ3v) is 5.44. The number of hydrogen-bond donors (Lipinski definition) is 0. The highest BCUT2D eigenvalue weighted by Crippen LogP contribution is 2.42. The fraction of sp³-hybridized carbons (Fsp3) is 0.136. The van der Waals surface area contributed by atoms with Crippen molar-refractivity contribution in [2.75, 3.05) is 6.61 Å². The lowest BCUT2D eigenvalue weighted by Crippen LogP contribution is -2.15. The molecule has 0 saturated carbocycles. The van der Waals surface area contributed by atoms with Crippen LogP contribution in [0.1, 0.15) is 23.0 Å². The van der Waals surface area contributed by atoms with Crippen molar-refractivity contribution in [2.24, 2.45) is 0 Å². The summed E-state index contributed by atoms with van der Waals surface area (Å²) in [6.45, 7) is 1.48. The molecular weight excluding hydrogens is 501 g/mol. The van der Waals surface area contributed by atoms with Gasteiger partial charge >= 0.3 is 12.1 Å². The summed E-state index contributed by atoms with van der Waals surface area (Å²) in [5.41, 5.74) is -2.25. The first-order valence-corrected chi connectivity index (χ1v) is 10.4. The summed E-state index contributed by atoms with van der Waals surface area (Å²) in [6.07, 6.45) is -4.10. The van der Waals surface area contributed by atoms with Crippen LogP contribution in [-0.2, 0) is 10.9 Å². The lowest BCUT2D eigenvalue weighted by atomic mass is 10.0. The molecule has 0 aliphatic rings. The van der Waals surface area contributed by atoms with E-state index in [1.165, 1.54) is 37.3 Å². The van der Waals surface area contributed by atoms with Crippen molar-refractivity contribution in [1.82, 2.24) is 14.9 Å². The van der Waals surface area contributed by atoms with Gasteiger partial charge in [0.15, 0.2) is 11.5 Å². The monoisotopic (exact) mass is 513 g/mol. The van der Waals surface area contributed by atoms with Gasteiger partial charge in [-0.15, -0.1) is 0 Å². The Morgan fingerprint density at radius 2 is 1.91 bits per heavy atom. The molecule has 0 bridgehead atoms. The predicted octanol–water partition coefficient (Wildman–Crippen LogP) is 6.84. The molecule has 4 rings (SSSR count). The number of carbonyl (C=O) groups excluding carboxylic acids is 1. The fourth-order valence-electron chi connectivity index (χ4n) is 3.30. The van der Waals surface area contributed by atoms with Gasteiger partial charge in [0.1, 0.15) is 17.1 Å². The highest BCUT2D eigenvalue weighted by atomic mass is 35.5. The van der Waals surface area contributed by atoms with Crippen LogP contribution in [0.15, 0.2) is 53.2 Å². The van der Waals surface area contributed by atoms with Crippen LogP contribution in [0.4, 0.5) is 17.6 Å². The molecule has 2 aromatic heterocycles. The summed E-state index contributed by atoms with van der Waals surface area (Å²) in [5, 5.41) is 7.95. The number of alkyl halides is 3. The smallest absolute Gasteiger partial charge is 0.434 e. The largest absolute Gasteiger partial charge is 0.462 e. The highest BCUT2D eigenvalue weighted by Gasteiger charge is 2.42. The first-order chi connectivity index (χ1) is 16.1. The minimum Gasteiger partial charge on any atom is -0.462 e. The highest BCUT2D eigenvalue weighted by molar-refractivity contribution is 6.42. The first-order valence-electron chi connectivity index (χ1n) is 9.65. The SMILES string of the molecule is CCOC(=O)c1c(-c2ccc(Cl)c(Cl)c2)noc1-c1cnn(-c2cccc(F)c2)c1C(F)(F)F. The van der Waals surface area contributed by atoms with Crippen LogP contribution >= 0.6 is 23.2 Å². The molecule has 0 atom stereocenters. The van der Waals surface area contributed by atoms with Gasteiger partial charge in [-0.3, -0.25) is 0 Å². The zero-order valence-corrected chi connectivity index (χ0v) is 18.7. The summed E-state index contributed by atoms with van der Waals surface area (Å²) in [7, 11) is 0. The molecule has 0 aliphatic carbocycles. The molecule has 34 heavy (non-hydrogen) atoms. The number of rotatable bonds is 5. The number of hydrogen-bond acceptors (Lipinski definition) is 5. The number of aromatic nitrogens is 3. The summed E-state index contributed by atoms with van der Waals surface area (Å²) >= 11 is 12.0. The molecule has 4 aromatic rings. The summed E-state index contributed by atoms with van der Waals surface area (Å²) in [5.74, 6) is -2.24. The maximum absolute atomic E-state index is 14.2. The Kier molecular flexibility index (Phi) is 6.37. The first kappa shape index (κ1) is 23.8. The van der Waals surface area contributed by atoms with Gasteiger partial charge in [0, 0.05) is 5.56 Å². The maximum Gasteiger partial charge on any atom is 0.434 e. The number of halogens is 6. The average Bonchev–Trinajstić information content (AvgIpc) is 3.40. The Labute approximate surface area is 199 Å². The van der Waals surface area contributed by atoms with Crippen LogP contribution in [0.25, 0.3) is 28.3 Å². The molecule has 0 amide bonds. The Balaban J connectivity index is 1.97. The minimum absolute atomic E-state index is 0.0566. The van der Waals surface area contributed by atoms with Gasteiger partial charge in [-0.25, -0.2) is 13.9 Å². The standard InChI is InChI=1S/C22H13Cl2F4N3O3/c1-2-33-21(32)17-18(11-6-7-15(23)16(24)8-11)30-34-19(17)14-10-29-31(20(14)22(26,27)28)13-5-3-4-12(25)9-13/h3-10H,2H2,1H3. The molecule has 0 fully saturated rings. The van der Waals surface area contributed by atoms with Crippen LogP contribution in [0.5, 0.6) is 0 Å². The molecule has 2 aromatic carbocycles. The second-order valence-electron chi connectivity index (χ2n) is 6.88. The number of nitrogens with zero attached hydrogens (tertiary/aromatic N) is 3. The molecule has 0 N–H and O–H groups in total. The van der Waals surface area contributed by atoms with E-state index in [9.17, 15) is 22.4 Å². The van der Waals surface area contributed by atoms with E-state index in [0.717, 1.165) is 18.3 Å². The maximum atomic E-state index is 14.2. The van der Waals surface area contributed by atoms with E-state index in [2.05, 4.69) is 10.3 Å². The van der Waals surface area contributed by atoms with E-state index in [-0.39, 0.29) is 39.2 Å². The average molecular weight is 514 g/mol. The number of esters is 1. The molecule has 0 radical (unpaired) electrons. The summed E-state index contributed by atoms with van der Waals surface area (Å²) in [4.78, 5) is 12.8. The quantitative estimate of drug-likeness (QED) is 0.216. The van der Waals surface area contributed by atoms with Gasteiger partial charge in [0.2, 0.25) is 0 Å². The zero-order chi connectivity index (χ0) is 24.6. The Morgan fingerprint density at radius 1 is 1.15 bits per heavy atom. The van der Waals surface area contributed by atoms with Crippen LogP contribution < -0.4 is 0 Å². The van der Waals surface area contributed by atoms with Crippen LogP contribution in [-0.4, -0.2) is 27.5 Å². The van der Waals surface area contributed by atoms with Crippen molar-refractivity contribution in [1.29, 1.82) is 0 Å². The predicted molar refractivity (Wildman–Crippen MR) is 115 cm³/mol. The topological polar surface area (TPSA) is 70.2 Å². The van der Waals surface area contributed by atoms with Crippen molar-refractivity contribution in [3.05, 3.63) is 75.8 Å². The third kappa shape index (κ3) is 4.38. The normalized spacial score (nSPS) is 11.6. The van der Waals surface area contributed by atoms with Crippen LogP contribution in [0.2, 0.25) is 10.0 Å². The van der Waals surface area contributed by atoms with E-state index in [4.69, 9.17) is 32.5 Å². The minimum atomic E-state index is -4.96. The van der Waals surface area contributed by atoms with Gasteiger partial charge in [-0.1, -0.05) is 40.5 Å². The van der Waals surface area contributed by atoms with E-state index in [1.807, 2.05) is 0 Å². The molecule has 0 aliphatic heterocycles. The van der Waals surface area contributed by atoms with E-state index < -0.39 is 35.0 Å². The van der Waals surface area contributed by atoms with Gasteiger partial charge in [0.05, 0.1) is 34.1 Å². The fourth-order valence-corrected chi connectivity index (χ4v) is 3.60. The van der Waals surface area contributed by atoms with Crippen molar-refractivity contribution in [2.45, 2.75) is 13.1 Å². The van der Waals surface area contributed by atoms with E-state index >= 15 is 0 Å². The number of carbonyl (C=O) groups is 1. The number of benzene rings is 2. The summed E-state index contributed by atoms with van der Waals surface area (Å²) < 4.78 is 66.9. The Morgan fingerprint density at radius 3 is 2.56 bits per heavy atom. The van der Waals surface area contributed by atoms with Crippen molar-refractivity contribution < 1.29 is 31.6 Å². The van der Waals surface area contributed by atoms with Crippen LogP contribution in [0, 0.1) is 5.82 Å². The lowest BCUT2D eigenvalue weighted by Gasteiger charge is -2.12. The van der Waals surface area contributed by atoms with Crippen molar-refractivity contribution >= 4 is 29.2 Å². The van der Waals surface area contributed by atoms with Gasteiger partial charge < -0.3 is 9.26 Å². The Bertz CT molecular complexity index is 1380.